The van der Waals surface area contributed by atoms with Gasteiger partial charge in [-0.3, -0.25) is 4.79 Å². The highest BCUT2D eigenvalue weighted by Crippen LogP contribution is 2.49. The van der Waals surface area contributed by atoms with Crippen molar-refractivity contribution in [2.24, 2.45) is 17.8 Å². The van der Waals surface area contributed by atoms with E-state index in [9.17, 15) is 9.90 Å². The number of aryl methyl sites for hydroxylation is 1. The van der Waals surface area contributed by atoms with Gasteiger partial charge < -0.3 is 10.4 Å². The molecule has 4 atom stereocenters. The van der Waals surface area contributed by atoms with Gasteiger partial charge in [0.15, 0.2) is 0 Å². The summed E-state index contributed by atoms with van der Waals surface area (Å²) in [6.45, 7) is 4.01. The molecule has 3 nitrogen and oxygen atoms in total. The lowest BCUT2D eigenvalue weighted by Gasteiger charge is -2.28. The van der Waals surface area contributed by atoms with E-state index in [-0.39, 0.29) is 17.7 Å². The lowest BCUT2D eigenvalue weighted by atomic mass is 9.84. The first kappa shape index (κ1) is 13.5. The molecule has 1 aromatic rings. The average molecular weight is 273 g/mol. The predicted molar refractivity (Wildman–Crippen MR) is 78.7 cm³/mol. The highest BCUT2D eigenvalue weighted by molar-refractivity contribution is 5.97. The lowest BCUT2D eigenvalue weighted by Crippen LogP contribution is -2.40. The summed E-state index contributed by atoms with van der Waals surface area (Å²) in [6, 6.07) is 5.39. The van der Waals surface area contributed by atoms with Crippen LogP contribution in [0.5, 0.6) is 5.75 Å². The van der Waals surface area contributed by atoms with Crippen LogP contribution in [0, 0.1) is 24.7 Å². The van der Waals surface area contributed by atoms with Crippen molar-refractivity contribution < 1.29 is 9.90 Å². The molecule has 2 aliphatic carbocycles. The van der Waals surface area contributed by atoms with Gasteiger partial charge in [-0.2, -0.15) is 0 Å². The topological polar surface area (TPSA) is 49.3 Å². The van der Waals surface area contributed by atoms with Gasteiger partial charge in [0.1, 0.15) is 5.75 Å². The molecule has 1 amide bonds. The van der Waals surface area contributed by atoms with Gasteiger partial charge in [-0.05, 0) is 68.6 Å². The second-order valence-electron chi connectivity index (χ2n) is 6.62. The van der Waals surface area contributed by atoms with Crippen molar-refractivity contribution in [3.05, 3.63) is 29.3 Å². The van der Waals surface area contributed by atoms with Gasteiger partial charge in [0.25, 0.3) is 5.91 Å². The fourth-order valence-electron chi connectivity index (χ4n) is 4.13. The molecule has 2 fully saturated rings. The van der Waals surface area contributed by atoms with Crippen molar-refractivity contribution in [2.75, 3.05) is 0 Å². The molecule has 0 saturated heterocycles. The van der Waals surface area contributed by atoms with E-state index in [1.807, 2.05) is 13.0 Å². The fraction of sp³-hybridized carbons (Fsp3) is 0.588. The second kappa shape index (κ2) is 5.12. The Morgan fingerprint density at radius 1 is 1.35 bits per heavy atom. The highest BCUT2D eigenvalue weighted by atomic mass is 16.3. The Bertz CT molecular complexity index is 526. The van der Waals surface area contributed by atoms with Crippen molar-refractivity contribution in [2.45, 2.75) is 45.6 Å². The zero-order valence-corrected chi connectivity index (χ0v) is 12.2. The molecule has 108 valence electrons. The van der Waals surface area contributed by atoms with Crippen LogP contribution >= 0.6 is 0 Å². The van der Waals surface area contributed by atoms with Crippen molar-refractivity contribution in [3.8, 4) is 5.75 Å². The normalized spacial score (nSPS) is 29.4. The van der Waals surface area contributed by atoms with Gasteiger partial charge in [-0.1, -0.05) is 12.5 Å². The summed E-state index contributed by atoms with van der Waals surface area (Å²) in [5, 5.41) is 13.0. The van der Waals surface area contributed by atoms with E-state index in [1.165, 1.54) is 25.7 Å². The number of hydrogen-bond donors (Lipinski definition) is 2. The zero-order valence-electron chi connectivity index (χ0n) is 12.2. The number of amides is 1. The minimum absolute atomic E-state index is 0.0719. The number of hydrogen-bond acceptors (Lipinski definition) is 2. The number of carbonyl (C=O) groups excluding carboxylic acids is 1. The Morgan fingerprint density at radius 3 is 2.75 bits per heavy atom. The Labute approximate surface area is 120 Å². The van der Waals surface area contributed by atoms with Gasteiger partial charge in [0.05, 0.1) is 5.56 Å². The van der Waals surface area contributed by atoms with Crippen molar-refractivity contribution in [3.63, 3.8) is 0 Å². The molecule has 2 bridgehead atoms. The summed E-state index contributed by atoms with van der Waals surface area (Å²) in [7, 11) is 0. The Morgan fingerprint density at radius 2 is 2.15 bits per heavy atom. The third kappa shape index (κ3) is 2.41. The highest BCUT2D eigenvalue weighted by Gasteiger charge is 2.42. The van der Waals surface area contributed by atoms with Gasteiger partial charge in [-0.25, -0.2) is 0 Å². The summed E-state index contributed by atoms with van der Waals surface area (Å²) in [5.74, 6) is 2.21. The van der Waals surface area contributed by atoms with E-state index < -0.39 is 0 Å². The minimum atomic E-state index is -0.155. The summed E-state index contributed by atoms with van der Waals surface area (Å²) < 4.78 is 0. The van der Waals surface area contributed by atoms with Gasteiger partial charge in [0.2, 0.25) is 0 Å². The molecule has 0 heterocycles. The van der Waals surface area contributed by atoms with Crippen molar-refractivity contribution >= 4 is 5.91 Å². The molecule has 3 rings (SSSR count). The first-order valence-corrected chi connectivity index (χ1v) is 7.65. The Balaban J connectivity index is 1.66. The second-order valence-corrected chi connectivity index (χ2v) is 6.62. The fourth-order valence-corrected chi connectivity index (χ4v) is 4.13. The number of aromatic hydroxyl groups is 1. The van der Waals surface area contributed by atoms with Crippen LogP contribution in [-0.4, -0.2) is 17.1 Å². The van der Waals surface area contributed by atoms with E-state index in [1.54, 1.807) is 12.1 Å². The summed E-state index contributed by atoms with van der Waals surface area (Å²) in [5.41, 5.74) is 1.34. The standard InChI is InChI=1S/C17H23NO2/c1-10-3-6-14(16(19)7-10)17(20)18-11(2)15-9-12-4-5-13(15)8-12/h3,6-7,11-13,15,19H,4-5,8-9H2,1-2H3,(H,18,20). The molecule has 4 unspecified atom stereocenters. The number of fused-ring (bicyclic) bond motifs is 2. The van der Waals surface area contributed by atoms with Gasteiger partial charge >= 0.3 is 0 Å². The van der Waals surface area contributed by atoms with E-state index in [4.69, 9.17) is 0 Å². The molecule has 2 aliphatic rings. The number of carbonyl (C=O) groups is 1. The zero-order chi connectivity index (χ0) is 14.3. The van der Waals surface area contributed by atoms with Crippen LogP contribution in [0.2, 0.25) is 0 Å². The summed E-state index contributed by atoms with van der Waals surface area (Å²) in [4.78, 5) is 12.3. The molecule has 0 aliphatic heterocycles. The maximum absolute atomic E-state index is 12.3. The maximum atomic E-state index is 12.3. The van der Waals surface area contributed by atoms with Crippen LogP contribution in [0.15, 0.2) is 18.2 Å². The van der Waals surface area contributed by atoms with Crippen molar-refractivity contribution in [1.82, 2.24) is 5.32 Å². The first-order valence-electron chi connectivity index (χ1n) is 7.65. The third-order valence-corrected chi connectivity index (χ3v) is 5.19. The Hall–Kier alpha value is -1.51. The summed E-state index contributed by atoms with van der Waals surface area (Å²) >= 11 is 0. The minimum Gasteiger partial charge on any atom is -0.507 e. The molecule has 0 aromatic heterocycles. The average Bonchev–Trinajstić information content (AvgIpc) is 3.00. The molecule has 0 radical (unpaired) electrons. The molecule has 0 spiro atoms. The van der Waals surface area contributed by atoms with Crippen LogP contribution in [0.3, 0.4) is 0 Å². The quantitative estimate of drug-likeness (QED) is 0.888. The number of phenolic OH excluding ortho intramolecular Hbond substituents is 1. The first-order chi connectivity index (χ1) is 9.54. The van der Waals surface area contributed by atoms with Crippen molar-refractivity contribution in [1.29, 1.82) is 0 Å². The largest absolute Gasteiger partial charge is 0.507 e. The molecule has 2 saturated carbocycles. The van der Waals surface area contributed by atoms with E-state index >= 15 is 0 Å². The summed E-state index contributed by atoms with van der Waals surface area (Å²) in [6.07, 6.45) is 5.30. The molecule has 2 N–H and O–H groups in total. The Kier molecular flexibility index (Phi) is 3.45. The predicted octanol–water partition coefficient (Wildman–Crippen LogP) is 3.26. The number of rotatable bonds is 3. The number of nitrogens with one attached hydrogen (secondary N) is 1. The monoisotopic (exact) mass is 273 g/mol. The molecule has 1 aromatic carbocycles. The van der Waals surface area contributed by atoms with Crippen LogP contribution in [-0.2, 0) is 0 Å². The lowest BCUT2D eigenvalue weighted by molar-refractivity contribution is 0.0912. The number of phenols is 1. The SMILES string of the molecule is Cc1ccc(C(=O)NC(C)C2CC3CCC2C3)c(O)c1. The smallest absolute Gasteiger partial charge is 0.255 e. The van der Waals surface area contributed by atoms with Crippen LogP contribution in [0.25, 0.3) is 0 Å². The van der Waals surface area contributed by atoms with E-state index in [0.29, 0.717) is 11.5 Å². The van der Waals surface area contributed by atoms with Crippen LogP contribution in [0.1, 0.15) is 48.5 Å². The van der Waals surface area contributed by atoms with Crippen LogP contribution in [0.4, 0.5) is 0 Å². The molecular formula is C17H23NO2. The third-order valence-electron chi connectivity index (χ3n) is 5.19. The van der Waals surface area contributed by atoms with Gasteiger partial charge in [-0.15, -0.1) is 0 Å². The van der Waals surface area contributed by atoms with Gasteiger partial charge in [0, 0.05) is 6.04 Å². The molecule has 3 heteroatoms. The van der Waals surface area contributed by atoms with E-state index in [0.717, 1.165) is 17.4 Å². The van der Waals surface area contributed by atoms with E-state index in [2.05, 4.69) is 12.2 Å². The molecule has 20 heavy (non-hydrogen) atoms. The number of benzene rings is 1. The molecular weight excluding hydrogens is 250 g/mol. The van der Waals surface area contributed by atoms with Crippen LogP contribution < -0.4 is 5.32 Å². The maximum Gasteiger partial charge on any atom is 0.255 e.